The van der Waals surface area contributed by atoms with Crippen molar-refractivity contribution >= 4 is 34.8 Å². The van der Waals surface area contributed by atoms with Crippen LogP contribution in [0.25, 0.3) is 0 Å². The number of nitrogens with zero attached hydrogens (tertiary/aromatic N) is 1. The fraction of sp³-hybridized carbons (Fsp3) is 0.273. The van der Waals surface area contributed by atoms with Crippen molar-refractivity contribution < 1.29 is 19.1 Å². The molecule has 0 aromatic heterocycles. The number of carbonyl (C=O) groups is 2. The standard InChI is InChI=1S/C22H23ClN2O4/c1-5-10-25-17-12-15(7-9-19(17)29-13-22(2,3)21(25)27)24-20(26)16-11-14(23)6-8-18(16)28-4/h5-9,11-12H,1,10,13H2,2-4H3,(H,24,26). The van der Waals surface area contributed by atoms with E-state index in [2.05, 4.69) is 11.9 Å². The molecule has 7 heteroatoms. The summed E-state index contributed by atoms with van der Waals surface area (Å²) in [4.78, 5) is 27.4. The van der Waals surface area contributed by atoms with Gasteiger partial charge in [-0.05, 0) is 50.2 Å². The van der Waals surface area contributed by atoms with Crippen LogP contribution < -0.4 is 19.7 Å². The minimum atomic E-state index is -0.681. The van der Waals surface area contributed by atoms with E-state index in [9.17, 15) is 9.59 Å². The van der Waals surface area contributed by atoms with Gasteiger partial charge in [-0.15, -0.1) is 6.58 Å². The summed E-state index contributed by atoms with van der Waals surface area (Å²) in [5, 5.41) is 3.26. The smallest absolute Gasteiger partial charge is 0.259 e. The molecule has 1 aliphatic rings. The lowest BCUT2D eigenvalue weighted by molar-refractivity contribution is -0.127. The second kappa shape index (κ2) is 8.17. The Bertz CT molecular complexity index is 971. The van der Waals surface area contributed by atoms with Gasteiger partial charge in [-0.25, -0.2) is 0 Å². The number of benzene rings is 2. The molecule has 1 N–H and O–H groups in total. The summed E-state index contributed by atoms with van der Waals surface area (Å²) >= 11 is 6.02. The van der Waals surface area contributed by atoms with Crippen LogP contribution in [-0.2, 0) is 4.79 Å². The van der Waals surface area contributed by atoms with Gasteiger partial charge in [0.15, 0.2) is 0 Å². The van der Waals surface area contributed by atoms with Crippen molar-refractivity contribution in [2.45, 2.75) is 13.8 Å². The quantitative estimate of drug-likeness (QED) is 0.729. The number of anilines is 2. The molecule has 2 amide bonds. The largest absolute Gasteiger partial charge is 0.496 e. The van der Waals surface area contributed by atoms with E-state index in [1.807, 2.05) is 13.8 Å². The highest BCUT2D eigenvalue weighted by Crippen LogP contribution is 2.38. The molecule has 0 atom stereocenters. The number of rotatable bonds is 5. The van der Waals surface area contributed by atoms with Gasteiger partial charge < -0.3 is 19.7 Å². The SMILES string of the molecule is C=CCN1C(=O)C(C)(C)COc2ccc(NC(=O)c3cc(Cl)ccc3OC)cc21. The Labute approximate surface area is 175 Å². The van der Waals surface area contributed by atoms with Crippen molar-refractivity contribution in [2.75, 3.05) is 30.5 Å². The van der Waals surface area contributed by atoms with Crippen molar-refractivity contribution in [2.24, 2.45) is 5.41 Å². The highest BCUT2D eigenvalue weighted by atomic mass is 35.5. The van der Waals surface area contributed by atoms with Gasteiger partial charge in [0, 0.05) is 17.3 Å². The first-order valence-electron chi connectivity index (χ1n) is 9.11. The number of ether oxygens (including phenoxy) is 2. The van der Waals surface area contributed by atoms with E-state index in [0.717, 1.165) is 0 Å². The van der Waals surface area contributed by atoms with Gasteiger partial charge in [0.1, 0.15) is 18.1 Å². The first-order chi connectivity index (χ1) is 13.8. The van der Waals surface area contributed by atoms with Gasteiger partial charge in [0.05, 0.1) is 23.8 Å². The number of hydrogen-bond acceptors (Lipinski definition) is 4. The van der Waals surface area contributed by atoms with Crippen LogP contribution in [0.2, 0.25) is 5.02 Å². The lowest BCUT2D eigenvalue weighted by atomic mass is 9.93. The molecule has 2 aromatic rings. The molecule has 6 nitrogen and oxygen atoms in total. The molecular weight excluding hydrogens is 392 g/mol. The average molecular weight is 415 g/mol. The molecule has 2 aromatic carbocycles. The third-order valence-corrected chi connectivity index (χ3v) is 4.87. The fourth-order valence-corrected chi connectivity index (χ4v) is 3.26. The summed E-state index contributed by atoms with van der Waals surface area (Å²) in [6.07, 6.45) is 1.66. The molecule has 0 aliphatic carbocycles. The lowest BCUT2D eigenvalue weighted by Crippen LogP contribution is -2.42. The minimum Gasteiger partial charge on any atom is -0.496 e. The zero-order valence-electron chi connectivity index (χ0n) is 16.6. The van der Waals surface area contributed by atoms with Crippen molar-refractivity contribution in [3.63, 3.8) is 0 Å². The number of methoxy groups -OCH3 is 1. The maximum absolute atomic E-state index is 13.0. The number of nitrogens with one attached hydrogen (secondary N) is 1. The van der Waals surface area contributed by atoms with Gasteiger partial charge in [-0.3, -0.25) is 9.59 Å². The van der Waals surface area contributed by atoms with Crippen LogP contribution in [0.5, 0.6) is 11.5 Å². The summed E-state index contributed by atoms with van der Waals surface area (Å²) in [5.41, 5.74) is 0.725. The first-order valence-corrected chi connectivity index (χ1v) is 9.49. The van der Waals surface area contributed by atoms with Crippen LogP contribution >= 0.6 is 11.6 Å². The van der Waals surface area contributed by atoms with E-state index in [1.165, 1.54) is 7.11 Å². The van der Waals surface area contributed by atoms with E-state index < -0.39 is 5.41 Å². The molecule has 29 heavy (non-hydrogen) atoms. The van der Waals surface area contributed by atoms with Gasteiger partial charge in [0.25, 0.3) is 5.91 Å². The third kappa shape index (κ3) is 4.22. The van der Waals surface area contributed by atoms with Crippen LogP contribution in [0.15, 0.2) is 49.1 Å². The average Bonchev–Trinajstić information content (AvgIpc) is 2.78. The zero-order chi connectivity index (χ0) is 21.2. The molecule has 0 saturated heterocycles. The van der Waals surface area contributed by atoms with Crippen LogP contribution in [-0.4, -0.2) is 32.1 Å². The molecule has 1 aliphatic heterocycles. The Balaban J connectivity index is 1.95. The second-order valence-corrected chi connectivity index (χ2v) is 7.79. The Morgan fingerprint density at radius 2 is 2.10 bits per heavy atom. The van der Waals surface area contributed by atoms with Crippen molar-refractivity contribution in [3.8, 4) is 11.5 Å². The number of halogens is 1. The van der Waals surface area contributed by atoms with Gasteiger partial charge in [-0.2, -0.15) is 0 Å². The first kappa shape index (κ1) is 20.7. The molecule has 1 heterocycles. The van der Waals surface area contributed by atoms with Crippen LogP contribution in [0.4, 0.5) is 11.4 Å². The summed E-state index contributed by atoms with van der Waals surface area (Å²) < 4.78 is 11.1. The van der Waals surface area contributed by atoms with E-state index in [-0.39, 0.29) is 18.4 Å². The molecule has 0 unspecified atom stereocenters. The Hall–Kier alpha value is -2.99. The van der Waals surface area contributed by atoms with Crippen molar-refractivity contribution in [1.29, 1.82) is 0 Å². The van der Waals surface area contributed by atoms with E-state index in [4.69, 9.17) is 21.1 Å². The van der Waals surface area contributed by atoms with E-state index in [1.54, 1.807) is 47.4 Å². The van der Waals surface area contributed by atoms with Gasteiger partial charge >= 0.3 is 0 Å². The van der Waals surface area contributed by atoms with Crippen LogP contribution in [0, 0.1) is 5.41 Å². The highest BCUT2D eigenvalue weighted by Gasteiger charge is 2.37. The van der Waals surface area contributed by atoms with Gasteiger partial charge in [0.2, 0.25) is 5.91 Å². The Kier molecular flexibility index (Phi) is 5.84. The molecular formula is C22H23ClN2O4. The highest BCUT2D eigenvalue weighted by molar-refractivity contribution is 6.31. The Morgan fingerprint density at radius 1 is 1.34 bits per heavy atom. The molecule has 0 bridgehead atoms. The molecule has 0 fully saturated rings. The number of amides is 2. The summed E-state index contributed by atoms with van der Waals surface area (Å²) in [6.45, 7) is 8.02. The molecule has 0 spiro atoms. The topological polar surface area (TPSA) is 67.9 Å². The number of hydrogen-bond donors (Lipinski definition) is 1. The van der Waals surface area contributed by atoms with Crippen LogP contribution in [0.3, 0.4) is 0 Å². The molecule has 0 saturated carbocycles. The third-order valence-electron chi connectivity index (χ3n) is 4.64. The van der Waals surface area contributed by atoms with E-state index >= 15 is 0 Å². The van der Waals surface area contributed by atoms with E-state index in [0.29, 0.717) is 40.0 Å². The summed E-state index contributed by atoms with van der Waals surface area (Å²) in [5.74, 6) is 0.538. The monoisotopic (exact) mass is 414 g/mol. The predicted molar refractivity (Wildman–Crippen MR) is 114 cm³/mol. The molecule has 0 radical (unpaired) electrons. The number of fused-ring (bicyclic) bond motifs is 1. The Morgan fingerprint density at radius 3 is 2.79 bits per heavy atom. The molecule has 152 valence electrons. The summed E-state index contributed by atoms with van der Waals surface area (Å²) in [7, 11) is 1.49. The zero-order valence-corrected chi connectivity index (χ0v) is 17.4. The fourth-order valence-electron chi connectivity index (χ4n) is 3.09. The maximum atomic E-state index is 13.0. The maximum Gasteiger partial charge on any atom is 0.259 e. The summed E-state index contributed by atoms with van der Waals surface area (Å²) in [6, 6.07) is 10.0. The number of carbonyl (C=O) groups excluding carboxylic acids is 2. The molecule has 3 rings (SSSR count). The minimum absolute atomic E-state index is 0.0730. The second-order valence-electron chi connectivity index (χ2n) is 7.36. The van der Waals surface area contributed by atoms with Crippen molar-refractivity contribution in [1.82, 2.24) is 0 Å². The van der Waals surface area contributed by atoms with Crippen molar-refractivity contribution in [3.05, 3.63) is 59.6 Å². The predicted octanol–water partition coefficient (Wildman–Crippen LogP) is 4.54. The normalized spacial score (nSPS) is 15.0. The lowest BCUT2D eigenvalue weighted by Gasteiger charge is -2.27. The van der Waals surface area contributed by atoms with Crippen LogP contribution in [0.1, 0.15) is 24.2 Å². The van der Waals surface area contributed by atoms with Gasteiger partial charge in [-0.1, -0.05) is 17.7 Å².